The summed E-state index contributed by atoms with van der Waals surface area (Å²) in [5, 5.41) is 5.63. The second-order valence-electron chi connectivity index (χ2n) is 6.64. The van der Waals surface area contributed by atoms with Gasteiger partial charge in [-0.15, -0.1) is 35.3 Å². The third kappa shape index (κ3) is 6.20. The van der Waals surface area contributed by atoms with Crippen molar-refractivity contribution in [2.24, 2.45) is 4.99 Å². The van der Waals surface area contributed by atoms with Crippen molar-refractivity contribution in [2.75, 3.05) is 37.6 Å². The molecule has 0 amide bonds. The average Bonchev–Trinajstić information content (AvgIpc) is 3.46. The Labute approximate surface area is 192 Å². The second-order valence-corrected chi connectivity index (χ2v) is 7.67. The highest BCUT2D eigenvalue weighted by molar-refractivity contribution is 14.0. The number of guanidine groups is 1. The molecule has 3 aromatic rings. The zero-order chi connectivity index (χ0) is 19.0. The Balaban J connectivity index is 0.00000240. The number of aliphatic imine (C=N–C) groups is 1. The molecule has 0 atom stereocenters. The number of pyridine rings is 1. The molecule has 0 unspecified atom stereocenters. The van der Waals surface area contributed by atoms with Crippen LogP contribution in [0, 0.1) is 0 Å². The third-order valence-corrected chi connectivity index (χ3v) is 5.61. The van der Waals surface area contributed by atoms with Gasteiger partial charge in [-0.3, -0.25) is 0 Å². The van der Waals surface area contributed by atoms with Gasteiger partial charge in [-0.2, -0.15) is 0 Å². The van der Waals surface area contributed by atoms with E-state index in [4.69, 9.17) is 9.41 Å². The Morgan fingerprint density at radius 3 is 2.69 bits per heavy atom. The van der Waals surface area contributed by atoms with E-state index in [0.29, 0.717) is 6.54 Å². The van der Waals surface area contributed by atoms with Crippen LogP contribution in [0.3, 0.4) is 0 Å². The lowest BCUT2D eigenvalue weighted by Crippen LogP contribution is -2.53. The zero-order valence-corrected chi connectivity index (χ0v) is 19.4. The summed E-state index contributed by atoms with van der Waals surface area (Å²) < 4.78 is 5.44. The van der Waals surface area contributed by atoms with Gasteiger partial charge in [-0.1, -0.05) is 12.1 Å². The Bertz CT molecular complexity index is 847. The van der Waals surface area contributed by atoms with Gasteiger partial charge in [0.05, 0.1) is 12.8 Å². The molecule has 8 heteroatoms. The van der Waals surface area contributed by atoms with E-state index < -0.39 is 0 Å². The van der Waals surface area contributed by atoms with Crippen LogP contribution in [0.25, 0.3) is 0 Å². The van der Waals surface area contributed by atoms with Gasteiger partial charge in [0.2, 0.25) is 0 Å². The summed E-state index contributed by atoms with van der Waals surface area (Å²) in [6.07, 6.45) is 4.42. The summed E-state index contributed by atoms with van der Waals surface area (Å²) >= 11 is 1.75. The number of piperazine rings is 1. The van der Waals surface area contributed by atoms with E-state index in [0.717, 1.165) is 56.7 Å². The van der Waals surface area contributed by atoms with E-state index in [2.05, 4.69) is 43.7 Å². The van der Waals surface area contributed by atoms with Gasteiger partial charge in [-0.05, 0) is 35.7 Å². The highest BCUT2D eigenvalue weighted by Crippen LogP contribution is 2.14. The first-order valence-corrected chi connectivity index (χ1v) is 10.5. The lowest BCUT2D eigenvalue weighted by atomic mass is 10.3. The average molecular weight is 523 g/mol. The molecular formula is C21H26IN5OS. The zero-order valence-electron chi connectivity index (χ0n) is 16.2. The standard InChI is InChI=1S/C21H25N5OS.HI/c1-2-9-22-20(7-1)25-11-13-26(14-12-25)21(24-17-19-6-4-16-28-19)23-10-8-18-5-3-15-27-18;/h1-7,9,15-16H,8,10-14,17H2,(H,23,24);1H. The molecular weight excluding hydrogens is 497 g/mol. The molecule has 4 rings (SSSR count). The van der Waals surface area contributed by atoms with E-state index in [1.807, 2.05) is 30.5 Å². The second kappa shape index (κ2) is 11.2. The Kier molecular flexibility index (Phi) is 8.36. The smallest absolute Gasteiger partial charge is 0.194 e. The molecule has 1 N–H and O–H groups in total. The fourth-order valence-corrected chi connectivity index (χ4v) is 3.89. The lowest BCUT2D eigenvalue weighted by Gasteiger charge is -2.37. The van der Waals surface area contributed by atoms with Crippen molar-refractivity contribution in [1.29, 1.82) is 0 Å². The van der Waals surface area contributed by atoms with E-state index in [9.17, 15) is 0 Å². The summed E-state index contributed by atoms with van der Waals surface area (Å²) in [4.78, 5) is 15.3. The minimum Gasteiger partial charge on any atom is -0.469 e. The van der Waals surface area contributed by atoms with Crippen LogP contribution in [0.2, 0.25) is 0 Å². The molecule has 0 spiro atoms. The molecule has 1 saturated heterocycles. The van der Waals surface area contributed by atoms with Crippen molar-refractivity contribution in [3.05, 3.63) is 70.9 Å². The highest BCUT2D eigenvalue weighted by Gasteiger charge is 2.20. The van der Waals surface area contributed by atoms with Crippen molar-refractivity contribution >= 4 is 47.1 Å². The van der Waals surface area contributed by atoms with Gasteiger partial charge in [-0.25, -0.2) is 9.98 Å². The van der Waals surface area contributed by atoms with E-state index in [1.54, 1.807) is 17.6 Å². The number of halogens is 1. The van der Waals surface area contributed by atoms with Crippen LogP contribution < -0.4 is 10.2 Å². The number of rotatable bonds is 6. The van der Waals surface area contributed by atoms with Gasteiger partial charge < -0.3 is 19.5 Å². The minimum absolute atomic E-state index is 0. The van der Waals surface area contributed by atoms with Crippen LogP contribution in [0.1, 0.15) is 10.6 Å². The fraction of sp³-hybridized carbons (Fsp3) is 0.333. The molecule has 1 fully saturated rings. The molecule has 1 aliphatic rings. The van der Waals surface area contributed by atoms with Crippen LogP contribution in [0.15, 0.2) is 69.7 Å². The molecule has 0 aliphatic carbocycles. The molecule has 3 aromatic heterocycles. The number of nitrogens with zero attached hydrogens (tertiary/aromatic N) is 4. The van der Waals surface area contributed by atoms with E-state index in [1.165, 1.54) is 4.88 Å². The predicted molar refractivity (Wildman–Crippen MR) is 129 cm³/mol. The van der Waals surface area contributed by atoms with Gasteiger partial charge in [0, 0.05) is 50.2 Å². The third-order valence-electron chi connectivity index (χ3n) is 4.75. The molecule has 1 aliphatic heterocycles. The number of hydrogen-bond acceptors (Lipinski definition) is 5. The van der Waals surface area contributed by atoms with E-state index >= 15 is 0 Å². The van der Waals surface area contributed by atoms with Crippen molar-refractivity contribution in [1.82, 2.24) is 15.2 Å². The topological polar surface area (TPSA) is 56.9 Å². The quantitative estimate of drug-likeness (QED) is 0.302. The SMILES string of the molecule is I.c1ccc(N2CCN(C(=NCc3cccs3)NCCc3ccco3)CC2)nc1. The maximum absolute atomic E-state index is 5.44. The van der Waals surface area contributed by atoms with E-state index in [-0.39, 0.29) is 24.0 Å². The number of thiophene rings is 1. The highest BCUT2D eigenvalue weighted by atomic mass is 127. The maximum atomic E-state index is 5.44. The first kappa shape index (κ1) is 21.6. The first-order chi connectivity index (χ1) is 13.9. The van der Waals surface area contributed by atoms with Crippen molar-refractivity contribution in [3.63, 3.8) is 0 Å². The number of furan rings is 1. The molecule has 0 aromatic carbocycles. The predicted octanol–water partition coefficient (Wildman–Crippen LogP) is 3.86. The van der Waals surface area contributed by atoms with Gasteiger partial charge >= 0.3 is 0 Å². The molecule has 0 bridgehead atoms. The van der Waals surface area contributed by atoms with Crippen molar-refractivity contribution in [2.45, 2.75) is 13.0 Å². The number of aromatic nitrogens is 1. The molecule has 6 nitrogen and oxygen atoms in total. The van der Waals surface area contributed by atoms with Crippen LogP contribution in [-0.2, 0) is 13.0 Å². The van der Waals surface area contributed by atoms with Gasteiger partial charge in [0.15, 0.2) is 5.96 Å². The monoisotopic (exact) mass is 523 g/mol. The van der Waals surface area contributed by atoms with Crippen LogP contribution in [-0.4, -0.2) is 48.6 Å². The Morgan fingerprint density at radius 2 is 2.00 bits per heavy atom. The van der Waals surface area contributed by atoms with Crippen molar-refractivity contribution < 1.29 is 4.42 Å². The molecule has 154 valence electrons. The molecule has 29 heavy (non-hydrogen) atoms. The largest absolute Gasteiger partial charge is 0.469 e. The summed E-state index contributed by atoms with van der Waals surface area (Å²) in [6, 6.07) is 14.2. The van der Waals surface area contributed by atoms with Crippen molar-refractivity contribution in [3.8, 4) is 0 Å². The summed E-state index contributed by atoms with van der Waals surface area (Å²) in [7, 11) is 0. The number of nitrogens with one attached hydrogen (secondary N) is 1. The molecule has 0 saturated carbocycles. The fourth-order valence-electron chi connectivity index (χ4n) is 3.26. The van der Waals surface area contributed by atoms with Crippen LogP contribution >= 0.6 is 35.3 Å². The lowest BCUT2D eigenvalue weighted by molar-refractivity contribution is 0.370. The van der Waals surface area contributed by atoms with Crippen LogP contribution in [0.4, 0.5) is 5.82 Å². The summed E-state index contributed by atoms with van der Waals surface area (Å²) in [6.45, 7) is 5.24. The minimum atomic E-state index is 0. The Hall–Kier alpha value is -2.07. The van der Waals surface area contributed by atoms with Gasteiger partial charge in [0.1, 0.15) is 11.6 Å². The Morgan fingerprint density at radius 1 is 1.10 bits per heavy atom. The molecule has 4 heterocycles. The molecule has 0 radical (unpaired) electrons. The maximum Gasteiger partial charge on any atom is 0.194 e. The number of anilines is 1. The summed E-state index contributed by atoms with van der Waals surface area (Å²) in [5.74, 6) is 3.01. The first-order valence-electron chi connectivity index (χ1n) is 9.62. The number of hydrogen-bond donors (Lipinski definition) is 1. The van der Waals surface area contributed by atoms with Gasteiger partial charge in [0.25, 0.3) is 0 Å². The summed E-state index contributed by atoms with van der Waals surface area (Å²) in [5.41, 5.74) is 0. The van der Waals surface area contributed by atoms with Crippen LogP contribution in [0.5, 0.6) is 0 Å². The normalized spacial score (nSPS) is 14.6.